The number of ether oxygens (including phenoxy) is 2. The lowest BCUT2D eigenvalue weighted by Crippen LogP contribution is -2.24. The van der Waals surface area contributed by atoms with Crippen LogP contribution in [0, 0.1) is 13.8 Å². The van der Waals surface area contributed by atoms with Gasteiger partial charge < -0.3 is 14.8 Å². The molecule has 3 rings (SSSR count). The number of hydrogen-bond donors (Lipinski definition) is 2. The van der Waals surface area contributed by atoms with Crippen LogP contribution in [-0.4, -0.2) is 29.4 Å². The number of aromatic nitrogens is 1. The Morgan fingerprint density at radius 2 is 1.97 bits per heavy atom. The molecule has 1 heterocycles. The van der Waals surface area contributed by atoms with Gasteiger partial charge in [0.15, 0.2) is 16.6 Å². The Kier molecular flexibility index (Phi) is 7.29. The van der Waals surface area contributed by atoms with Crippen LogP contribution in [-0.2, 0) is 0 Å². The predicted octanol–water partition coefficient (Wildman–Crippen LogP) is 4.25. The molecule has 0 fully saturated rings. The van der Waals surface area contributed by atoms with Gasteiger partial charge in [0.1, 0.15) is 0 Å². The molecule has 8 heteroatoms. The van der Waals surface area contributed by atoms with Crippen LogP contribution in [0.25, 0.3) is 0 Å². The number of esters is 1. The summed E-state index contributed by atoms with van der Waals surface area (Å²) >= 11 is 5.28. The van der Waals surface area contributed by atoms with Crippen molar-refractivity contribution in [2.24, 2.45) is 5.10 Å². The molecule has 1 aromatic heterocycles. The lowest BCUT2D eigenvalue weighted by molar-refractivity contribution is 0.0729. The van der Waals surface area contributed by atoms with Gasteiger partial charge in [-0.25, -0.2) is 4.79 Å². The minimum atomic E-state index is -0.516. The number of aryl methyl sites for hydroxylation is 2. The number of thiocarbonyl (C=S) groups is 1. The van der Waals surface area contributed by atoms with E-state index >= 15 is 0 Å². The first-order valence-corrected chi connectivity index (χ1v) is 9.84. The van der Waals surface area contributed by atoms with Gasteiger partial charge in [-0.2, -0.15) is 5.10 Å². The van der Waals surface area contributed by atoms with Gasteiger partial charge in [-0.3, -0.25) is 10.4 Å². The number of nitrogens with one attached hydrogen (secondary N) is 2. The summed E-state index contributed by atoms with van der Waals surface area (Å²) in [6, 6.07) is 14.4. The van der Waals surface area contributed by atoms with E-state index in [9.17, 15) is 4.79 Å². The second kappa shape index (κ2) is 10.3. The lowest BCUT2D eigenvalue weighted by Gasteiger charge is -2.11. The molecule has 0 spiro atoms. The van der Waals surface area contributed by atoms with Crippen molar-refractivity contribution in [2.45, 2.75) is 13.8 Å². The zero-order valence-electron chi connectivity index (χ0n) is 17.4. The summed E-state index contributed by atoms with van der Waals surface area (Å²) in [5.41, 5.74) is 7.06. The van der Waals surface area contributed by atoms with Crippen molar-refractivity contribution in [3.05, 3.63) is 83.2 Å². The highest BCUT2D eigenvalue weighted by molar-refractivity contribution is 7.80. The molecule has 0 aliphatic rings. The number of hydrogen-bond acceptors (Lipinski definition) is 6. The number of benzene rings is 2. The number of anilines is 1. The predicted molar refractivity (Wildman–Crippen MR) is 125 cm³/mol. The maximum atomic E-state index is 12.2. The van der Waals surface area contributed by atoms with E-state index in [1.807, 2.05) is 26.0 Å². The molecule has 3 aromatic rings. The van der Waals surface area contributed by atoms with E-state index in [1.165, 1.54) is 18.9 Å². The summed E-state index contributed by atoms with van der Waals surface area (Å²) < 4.78 is 10.8. The molecule has 0 atom stereocenters. The highest BCUT2D eigenvalue weighted by atomic mass is 32.1. The van der Waals surface area contributed by atoms with Crippen molar-refractivity contribution in [3.63, 3.8) is 0 Å². The van der Waals surface area contributed by atoms with Crippen molar-refractivity contribution in [2.75, 3.05) is 12.4 Å². The summed E-state index contributed by atoms with van der Waals surface area (Å²) in [6.07, 6.45) is 4.62. The maximum Gasteiger partial charge on any atom is 0.345 e. The second-order valence-electron chi connectivity index (χ2n) is 6.68. The van der Waals surface area contributed by atoms with Gasteiger partial charge in [-0.1, -0.05) is 17.7 Å². The van der Waals surface area contributed by atoms with E-state index in [-0.39, 0.29) is 0 Å². The van der Waals surface area contributed by atoms with Crippen molar-refractivity contribution >= 4 is 35.2 Å². The van der Waals surface area contributed by atoms with Crippen molar-refractivity contribution < 1.29 is 14.3 Å². The van der Waals surface area contributed by atoms with Gasteiger partial charge in [0.25, 0.3) is 0 Å². The highest BCUT2D eigenvalue weighted by Gasteiger charge is 2.12. The standard InChI is InChI=1S/C23H22N4O3S/c1-15-6-8-19(16(2)11-15)26-23(31)27-25-13-17-7-9-20(21(12-17)29-3)30-22(28)18-5-4-10-24-14-18/h4-14H,1-3H3,(H2,26,27,31)/b25-13+. The van der Waals surface area contributed by atoms with Gasteiger partial charge >= 0.3 is 5.97 Å². The highest BCUT2D eigenvalue weighted by Crippen LogP contribution is 2.28. The van der Waals surface area contributed by atoms with Crippen LogP contribution in [0.15, 0.2) is 66.0 Å². The Bertz CT molecular complexity index is 1120. The second-order valence-corrected chi connectivity index (χ2v) is 7.09. The first kappa shape index (κ1) is 21.9. The Hall–Kier alpha value is -3.78. The first-order valence-electron chi connectivity index (χ1n) is 9.44. The third-order valence-corrected chi connectivity index (χ3v) is 4.49. The summed E-state index contributed by atoms with van der Waals surface area (Å²) in [7, 11) is 1.50. The van der Waals surface area contributed by atoms with Crippen LogP contribution >= 0.6 is 12.2 Å². The van der Waals surface area contributed by atoms with Gasteiger partial charge in [-0.05, 0) is 73.6 Å². The lowest BCUT2D eigenvalue weighted by atomic mass is 10.1. The SMILES string of the molecule is COc1cc(/C=N/NC(=S)Nc2ccc(C)cc2C)ccc1OC(=O)c1cccnc1. The molecule has 0 saturated heterocycles. The van der Waals surface area contributed by atoms with E-state index < -0.39 is 5.97 Å². The number of rotatable bonds is 6. The normalized spacial score (nSPS) is 10.5. The smallest absolute Gasteiger partial charge is 0.345 e. The summed E-state index contributed by atoms with van der Waals surface area (Å²) in [6.45, 7) is 4.05. The van der Waals surface area contributed by atoms with Crippen LogP contribution in [0.2, 0.25) is 0 Å². The topological polar surface area (TPSA) is 84.8 Å². The zero-order valence-corrected chi connectivity index (χ0v) is 18.2. The summed E-state index contributed by atoms with van der Waals surface area (Å²) in [4.78, 5) is 16.1. The van der Waals surface area contributed by atoms with Crippen LogP contribution in [0.3, 0.4) is 0 Å². The molecular formula is C23H22N4O3S. The number of pyridine rings is 1. The first-order chi connectivity index (χ1) is 15.0. The Morgan fingerprint density at radius 3 is 2.68 bits per heavy atom. The average Bonchev–Trinajstić information content (AvgIpc) is 2.77. The molecule has 0 aliphatic heterocycles. The number of carbonyl (C=O) groups is 1. The number of carbonyl (C=O) groups excluding carboxylic acids is 1. The van der Waals surface area contributed by atoms with Gasteiger partial charge in [-0.15, -0.1) is 0 Å². The van der Waals surface area contributed by atoms with Gasteiger partial charge in [0.2, 0.25) is 0 Å². The van der Waals surface area contributed by atoms with Gasteiger partial charge in [0, 0.05) is 18.1 Å². The van der Waals surface area contributed by atoms with E-state index in [0.29, 0.717) is 22.2 Å². The minimum absolute atomic E-state index is 0.300. The monoisotopic (exact) mass is 434 g/mol. The number of nitrogens with zero attached hydrogens (tertiary/aromatic N) is 2. The molecule has 0 unspecified atom stereocenters. The zero-order chi connectivity index (χ0) is 22.2. The van der Waals surface area contributed by atoms with Crippen molar-refractivity contribution in [3.8, 4) is 11.5 Å². The van der Waals surface area contributed by atoms with Gasteiger partial charge in [0.05, 0.1) is 18.9 Å². The molecule has 0 radical (unpaired) electrons. The van der Waals surface area contributed by atoms with E-state index in [1.54, 1.807) is 42.7 Å². The van der Waals surface area contributed by atoms with E-state index in [2.05, 4.69) is 26.9 Å². The molecule has 2 aromatic carbocycles. The fourth-order valence-corrected chi connectivity index (χ4v) is 2.92. The van der Waals surface area contributed by atoms with Crippen molar-refractivity contribution in [1.29, 1.82) is 0 Å². The molecule has 7 nitrogen and oxygen atoms in total. The average molecular weight is 435 g/mol. The van der Waals surface area contributed by atoms with Crippen LogP contribution in [0.4, 0.5) is 5.69 Å². The third-order valence-electron chi connectivity index (χ3n) is 4.30. The van der Waals surface area contributed by atoms with Crippen molar-refractivity contribution in [1.82, 2.24) is 10.4 Å². The van der Waals surface area contributed by atoms with E-state index in [4.69, 9.17) is 21.7 Å². The molecule has 0 aliphatic carbocycles. The Labute approximate surface area is 186 Å². The quantitative estimate of drug-likeness (QED) is 0.197. The Morgan fingerprint density at radius 1 is 1.13 bits per heavy atom. The molecule has 0 bridgehead atoms. The summed E-state index contributed by atoms with van der Waals surface area (Å²) in [5.74, 6) is 0.183. The van der Waals surface area contributed by atoms with Crippen LogP contribution in [0.5, 0.6) is 11.5 Å². The molecule has 0 saturated carbocycles. The Balaban J connectivity index is 1.62. The third kappa shape index (κ3) is 6.10. The molecule has 31 heavy (non-hydrogen) atoms. The maximum absolute atomic E-state index is 12.2. The van der Waals surface area contributed by atoms with E-state index in [0.717, 1.165) is 16.8 Å². The molecule has 158 valence electrons. The number of methoxy groups -OCH3 is 1. The van der Waals surface area contributed by atoms with Crippen LogP contribution in [0.1, 0.15) is 27.0 Å². The fraction of sp³-hybridized carbons (Fsp3) is 0.130. The number of hydrazone groups is 1. The largest absolute Gasteiger partial charge is 0.493 e. The minimum Gasteiger partial charge on any atom is -0.493 e. The molecular weight excluding hydrogens is 412 g/mol. The molecule has 2 N–H and O–H groups in total. The molecule has 0 amide bonds. The fourth-order valence-electron chi connectivity index (χ4n) is 2.76. The summed E-state index contributed by atoms with van der Waals surface area (Å²) in [5, 5.41) is 7.63. The van der Waals surface area contributed by atoms with Crippen LogP contribution < -0.4 is 20.2 Å².